The van der Waals surface area contributed by atoms with Gasteiger partial charge in [0.15, 0.2) is 12.4 Å². The third kappa shape index (κ3) is 3.25. The maximum Gasteiger partial charge on any atom is 0.350 e. The molecule has 0 unspecified atom stereocenters. The number of halogens is 2. The van der Waals surface area contributed by atoms with Crippen molar-refractivity contribution in [3.63, 3.8) is 0 Å². The van der Waals surface area contributed by atoms with Crippen molar-refractivity contribution in [1.82, 2.24) is 0 Å². The van der Waals surface area contributed by atoms with E-state index in [0.29, 0.717) is 15.6 Å². The zero-order chi connectivity index (χ0) is 16.4. The van der Waals surface area contributed by atoms with E-state index >= 15 is 0 Å². The number of Topliss-reactive ketones (excluding diaryl/α,β-unsaturated/α-hetero) is 1. The van der Waals surface area contributed by atoms with Crippen molar-refractivity contribution in [3.05, 3.63) is 69.8 Å². The summed E-state index contributed by atoms with van der Waals surface area (Å²) in [6.45, 7) is -0.373. The number of hydrogen-bond donors (Lipinski definition) is 0. The van der Waals surface area contributed by atoms with Gasteiger partial charge < -0.3 is 4.74 Å². The Morgan fingerprint density at radius 2 is 1.87 bits per heavy atom. The lowest BCUT2D eigenvalue weighted by Crippen LogP contribution is -2.13. The monoisotopic (exact) mass is 348 g/mol. The van der Waals surface area contributed by atoms with Crippen molar-refractivity contribution in [1.29, 1.82) is 0 Å². The van der Waals surface area contributed by atoms with Crippen LogP contribution in [0.5, 0.6) is 0 Å². The second kappa shape index (κ2) is 6.48. The predicted octanol–water partition coefficient (Wildman–Crippen LogP) is 4.73. The molecule has 0 aliphatic carbocycles. The van der Waals surface area contributed by atoms with E-state index in [-0.39, 0.29) is 22.3 Å². The highest BCUT2D eigenvalue weighted by atomic mass is 35.5. The molecule has 6 heteroatoms. The van der Waals surface area contributed by atoms with Crippen LogP contribution in [0, 0.1) is 5.82 Å². The highest BCUT2D eigenvalue weighted by Crippen LogP contribution is 2.36. The molecule has 116 valence electrons. The Hall–Kier alpha value is -2.24. The molecule has 0 aliphatic heterocycles. The molecule has 0 saturated carbocycles. The lowest BCUT2D eigenvalue weighted by molar-refractivity contribution is 0.0480. The molecule has 0 atom stereocenters. The number of ketones is 1. The van der Waals surface area contributed by atoms with E-state index in [1.807, 2.05) is 0 Å². The fourth-order valence-electron chi connectivity index (χ4n) is 2.07. The molecule has 0 saturated heterocycles. The molecule has 3 nitrogen and oxygen atoms in total. The van der Waals surface area contributed by atoms with Gasteiger partial charge in [-0.1, -0.05) is 41.9 Å². The minimum absolute atomic E-state index is 0.160. The Morgan fingerprint density at radius 1 is 1.13 bits per heavy atom. The summed E-state index contributed by atoms with van der Waals surface area (Å²) in [5, 5.41) is 0.793. The zero-order valence-corrected chi connectivity index (χ0v) is 13.3. The van der Waals surface area contributed by atoms with Crippen molar-refractivity contribution in [2.24, 2.45) is 0 Å². The van der Waals surface area contributed by atoms with Crippen molar-refractivity contribution in [2.75, 3.05) is 6.61 Å². The molecule has 0 spiro atoms. The molecule has 0 radical (unpaired) electrons. The van der Waals surface area contributed by atoms with Crippen LogP contribution in [-0.2, 0) is 4.74 Å². The molecule has 2 aromatic carbocycles. The molecule has 0 amide bonds. The van der Waals surface area contributed by atoms with Gasteiger partial charge in [-0.25, -0.2) is 9.18 Å². The molecule has 23 heavy (non-hydrogen) atoms. The molecule has 0 N–H and O–H groups in total. The number of carbonyl (C=O) groups excluding carboxylic acids is 2. The highest BCUT2D eigenvalue weighted by Gasteiger charge is 2.20. The van der Waals surface area contributed by atoms with Crippen molar-refractivity contribution < 1.29 is 18.7 Å². The van der Waals surface area contributed by atoms with Crippen LogP contribution in [0.15, 0.2) is 48.5 Å². The van der Waals surface area contributed by atoms with Gasteiger partial charge in [0.2, 0.25) is 0 Å². The van der Waals surface area contributed by atoms with Gasteiger partial charge in [0.1, 0.15) is 10.7 Å². The normalized spacial score (nSPS) is 10.7. The summed E-state index contributed by atoms with van der Waals surface area (Å²) in [4.78, 5) is 24.2. The number of ether oxygens (including phenoxy) is 1. The second-order valence-electron chi connectivity index (χ2n) is 4.75. The summed E-state index contributed by atoms with van der Waals surface area (Å²) in [6, 6.07) is 12.6. The van der Waals surface area contributed by atoms with Crippen molar-refractivity contribution >= 4 is 44.8 Å². The first-order valence-electron chi connectivity index (χ1n) is 6.69. The third-order valence-corrected chi connectivity index (χ3v) is 4.84. The van der Waals surface area contributed by atoms with Crippen LogP contribution < -0.4 is 0 Å². The van der Waals surface area contributed by atoms with E-state index in [0.717, 1.165) is 11.3 Å². The minimum atomic E-state index is -0.694. The average Bonchev–Trinajstić information content (AvgIpc) is 2.89. The highest BCUT2D eigenvalue weighted by molar-refractivity contribution is 7.21. The summed E-state index contributed by atoms with van der Waals surface area (Å²) < 4.78 is 18.8. The van der Waals surface area contributed by atoms with Gasteiger partial charge >= 0.3 is 5.97 Å². The first-order valence-corrected chi connectivity index (χ1v) is 7.88. The Balaban J connectivity index is 1.76. The van der Waals surface area contributed by atoms with Crippen LogP contribution in [0.2, 0.25) is 5.02 Å². The number of rotatable bonds is 4. The SMILES string of the molecule is O=C(COC(=O)c1sc2cc(F)ccc2c1Cl)c1ccccc1. The second-order valence-corrected chi connectivity index (χ2v) is 6.18. The largest absolute Gasteiger partial charge is 0.453 e. The molecule has 1 aromatic heterocycles. The van der Waals surface area contributed by atoms with Crippen LogP contribution in [0.1, 0.15) is 20.0 Å². The summed E-state index contributed by atoms with van der Waals surface area (Å²) in [5.74, 6) is -1.40. The Bertz CT molecular complexity index is 889. The first kappa shape index (κ1) is 15.6. The maximum atomic E-state index is 13.2. The smallest absolute Gasteiger partial charge is 0.350 e. The van der Waals surface area contributed by atoms with Gasteiger partial charge in [0.05, 0.1) is 5.02 Å². The topological polar surface area (TPSA) is 43.4 Å². The van der Waals surface area contributed by atoms with Crippen molar-refractivity contribution in [2.45, 2.75) is 0 Å². The van der Waals surface area contributed by atoms with Crippen LogP contribution in [-0.4, -0.2) is 18.4 Å². The number of fused-ring (bicyclic) bond motifs is 1. The van der Waals surface area contributed by atoms with Crippen LogP contribution in [0.4, 0.5) is 4.39 Å². The number of thiophene rings is 1. The lowest BCUT2D eigenvalue weighted by Gasteiger charge is -2.03. The van der Waals surface area contributed by atoms with E-state index in [1.165, 1.54) is 18.2 Å². The number of esters is 1. The average molecular weight is 349 g/mol. The predicted molar refractivity (Wildman–Crippen MR) is 87.8 cm³/mol. The van der Waals surface area contributed by atoms with Crippen LogP contribution in [0.3, 0.4) is 0 Å². The van der Waals surface area contributed by atoms with E-state index in [9.17, 15) is 14.0 Å². The van der Waals surface area contributed by atoms with Crippen LogP contribution >= 0.6 is 22.9 Å². The van der Waals surface area contributed by atoms with Gasteiger partial charge in [0, 0.05) is 15.6 Å². The molecule has 0 aliphatic rings. The Morgan fingerprint density at radius 3 is 2.61 bits per heavy atom. The molecule has 1 heterocycles. The zero-order valence-electron chi connectivity index (χ0n) is 11.7. The van der Waals surface area contributed by atoms with Gasteiger partial charge in [-0.15, -0.1) is 11.3 Å². The summed E-state index contributed by atoms with van der Waals surface area (Å²) >= 11 is 7.17. The summed E-state index contributed by atoms with van der Waals surface area (Å²) in [6.07, 6.45) is 0. The van der Waals surface area contributed by atoms with Gasteiger partial charge in [0.25, 0.3) is 0 Å². The lowest BCUT2D eigenvalue weighted by atomic mass is 10.1. The third-order valence-electron chi connectivity index (χ3n) is 3.21. The molecule has 0 fully saturated rings. The van der Waals surface area contributed by atoms with Gasteiger partial charge in [-0.3, -0.25) is 4.79 Å². The fourth-order valence-corrected chi connectivity index (χ4v) is 3.50. The maximum absolute atomic E-state index is 13.2. The standard InChI is InChI=1S/C17H10ClFO3S/c18-15-12-7-6-11(19)8-14(12)23-16(15)17(21)22-9-13(20)10-4-2-1-3-5-10/h1-8H,9H2. The molecule has 3 aromatic rings. The quantitative estimate of drug-likeness (QED) is 0.505. The fraction of sp³-hybridized carbons (Fsp3) is 0.0588. The van der Waals surface area contributed by atoms with Gasteiger partial charge in [-0.05, 0) is 18.2 Å². The Kier molecular flexibility index (Phi) is 4.41. The summed E-state index contributed by atoms with van der Waals surface area (Å²) in [7, 11) is 0. The van der Waals surface area contributed by atoms with Gasteiger partial charge in [-0.2, -0.15) is 0 Å². The number of benzene rings is 2. The van der Waals surface area contributed by atoms with E-state index in [2.05, 4.69) is 0 Å². The Labute approximate surface area is 140 Å². The molecular formula is C17H10ClFO3S. The molecule has 0 bridgehead atoms. The van der Waals surface area contributed by atoms with Crippen molar-refractivity contribution in [3.8, 4) is 0 Å². The molecular weight excluding hydrogens is 339 g/mol. The number of hydrogen-bond acceptors (Lipinski definition) is 4. The first-order chi connectivity index (χ1) is 11.1. The van der Waals surface area contributed by atoms with E-state index < -0.39 is 11.8 Å². The molecule has 3 rings (SSSR count). The number of carbonyl (C=O) groups is 2. The minimum Gasteiger partial charge on any atom is -0.453 e. The van der Waals surface area contributed by atoms with Crippen LogP contribution in [0.25, 0.3) is 10.1 Å². The van der Waals surface area contributed by atoms with E-state index in [4.69, 9.17) is 16.3 Å². The summed E-state index contributed by atoms with van der Waals surface area (Å²) in [5.41, 5.74) is 0.463. The van der Waals surface area contributed by atoms with E-state index in [1.54, 1.807) is 30.3 Å².